The Labute approximate surface area is 114 Å². The molecule has 4 nitrogen and oxygen atoms in total. The molecule has 4 heteroatoms. The summed E-state index contributed by atoms with van der Waals surface area (Å²) in [5.41, 5.74) is 0. The zero-order chi connectivity index (χ0) is 13.6. The van der Waals surface area contributed by atoms with Crippen LogP contribution in [-0.2, 0) is 9.59 Å². The third-order valence-electron chi connectivity index (χ3n) is 5.36. The molecule has 0 aromatic carbocycles. The van der Waals surface area contributed by atoms with Gasteiger partial charge in [0, 0.05) is 19.0 Å². The summed E-state index contributed by atoms with van der Waals surface area (Å²) in [6.45, 7) is 5.13. The third-order valence-corrected chi connectivity index (χ3v) is 5.36. The van der Waals surface area contributed by atoms with Crippen molar-refractivity contribution >= 4 is 11.8 Å². The Hall–Kier alpha value is -1.06. The number of rotatable bonds is 2. The van der Waals surface area contributed by atoms with Crippen LogP contribution in [-0.4, -0.2) is 35.3 Å². The van der Waals surface area contributed by atoms with Crippen LogP contribution in [0.25, 0.3) is 0 Å². The first-order valence-electron chi connectivity index (χ1n) is 7.67. The minimum atomic E-state index is -0.238. The Morgan fingerprint density at radius 3 is 2.42 bits per heavy atom. The Kier molecular flexibility index (Phi) is 3.27. The van der Waals surface area contributed by atoms with Crippen molar-refractivity contribution in [1.82, 2.24) is 10.2 Å². The molecule has 0 bridgehead atoms. The van der Waals surface area contributed by atoms with Crippen LogP contribution in [0.15, 0.2) is 0 Å². The quantitative estimate of drug-likeness (QED) is 0.822. The maximum absolute atomic E-state index is 12.7. The van der Waals surface area contributed by atoms with Crippen LogP contribution in [0, 0.1) is 17.8 Å². The number of carbonyl (C=O) groups is 2. The van der Waals surface area contributed by atoms with Crippen LogP contribution >= 0.6 is 0 Å². The minimum Gasteiger partial charge on any atom is -0.344 e. The summed E-state index contributed by atoms with van der Waals surface area (Å²) in [7, 11) is 0. The summed E-state index contributed by atoms with van der Waals surface area (Å²) in [5.74, 6) is 1.86. The van der Waals surface area contributed by atoms with E-state index < -0.39 is 0 Å². The summed E-state index contributed by atoms with van der Waals surface area (Å²) in [6, 6.07) is 0.106. The number of carbonyl (C=O) groups excluding carboxylic acids is 2. The Morgan fingerprint density at radius 1 is 1.11 bits per heavy atom. The van der Waals surface area contributed by atoms with E-state index in [1.807, 2.05) is 4.90 Å². The fourth-order valence-corrected chi connectivity index (χ4v) is 3.67. The molecule has 1 N–H and O–H groups in total. The van der Waals surface area contributed by atoms with Crippen molar-refractivity contribution in [2.45, 2.75) is 58.0 Å². The molecule has 2 aliphatic carbocycles. The number of nitrogens with one attached hydrogen (secondary N) is 1. The monoisotopic (exact) mass is 264 g/mol. The van der Waals surface area contributed by atoms with Crippen molar-refractivity contribution in [3.8, 4) is 0 Å². The van der Waals surface area contributed by atoms with Crippen LogP contribution in [0.5, 0.6) is 0 Å². The van der Waals surface area contributed by atoms with Crippen molar-refractivity contribution in [2.24, 2.45) is 17.8 Å². The number of hydrogen-bond donors (Lipinski definition) is 1. The molecule has 19 heavy (non-hydrogen) atoms. The molecule has 106 valence electrons. The predicted molar refractivity (Wildman–Crippen MR) is 72.3 cm³/mol. The summed E-state index contributed by atoms with van der Waals surface area (Å²) in [4.78, 5) is 26.5. The Morgan fingerprint density at radius 2 is 1.84 bits per heavy atom. The first kappa shape index (κ1) is 12.9. The lowest BCUT2D eigenvalue weighted by Gasteiger charge is -2.33. The minimum absolute atomic E-state index is 0.0476. The molecule has 0 aromatic heterocycles. The largest absolute Gasteiger partial charge is 0.344 e. The molecular weight excluding hydrogens is 240 g/mol. The summed E-state index contributed by atoms with van der Waals surface area (Å²) in [6.07, 6.45) is 4.93. The van der Waals surface area contributed by atoms with Gasteiger partial charge < -0.3 is 10.2 Å². The molecule has 1 heterocycles. The molecule has 3 rings (SSSR count). The summed E-state index contributed by atoms with van der Waals surface area (Å²) >= 11 is 0. The lowest BCUT2D eigenvalue weighted by molar-refractivity contribution is -0.136. The van der Waals surface area contributed by atoms with Gasteiger partial charge >= 0.3 is 0 Å². The highest BCUT2D eigenvalue weighted by Gasteiger charge is 2.45. The van der Waals surface area contributed by atoms with E-state index in [9.17, 15) is 9.59 Å². The van der Waals surface area contributed by atoms with Gasteiger partial charge in [-0.3, -0.25) is 9.59 Å². The van der Waals surface area contributed by atoms with E-state index in [1.54, 1.807) is 0 Å². The van der Waals surface area contributed by atoms with E-state index in [4.69, 9.17) is 0 Å². The maximum Gasteiger partial charge on any atom is 0.245 e. The summed E-state index contributed by atoms with van der Waals surface area (Å²) < 4.78 is 0. The average molecular weight is 264 g/mol. The van der Waals surface area contributed by atoms with Crippen molar-refractivity contribution < 1.29 is 9.59 Å². The van der Waals surface area contributed by atoms with Gasteiger partial charge in [0.25, 0.3) is 0 Å². The number of amides is 2. The first-order valence-corrected chi connectivity index (χ1v) is 7.67. The molecule has 0 aromatic rings. The van der Waals surface area contributed by atoms with Crippen LogP contribution in [0.1, 0.15) is 46.0 Å². The van der Waals surface area contributed by atoms with E-state index in [0.29, 0.717) is 36.8 Å². The molecule has 0 spiro atoms. The van der Waals surface area contributed by atoms with Gasteiger partial charge in [0.1, 0.15) is 6.04 Å². The van der Waals surface area contributed by atoms with Gasteiger partial charge in [-0.2, -0.15) is 0 Å². The molecule has 1 aliphatic heterocycles. The molecule has 0 radical (unpaired) electrons. The topological polar surface area (TPSA) is 49.4 Å². The Bertz CT molecular complexity index is 392. The molecule has 4 atom stereocenters. The first-order chi connectivity index (χ1) is 9.08. The molecule has 3 aliphatic rings. The van der Waals surface area contributed by atoms with Crippen LogP contribution < -0.4 is 5.32 Å². The van der Waals surface area contributed by atoms with E-state index in [0.717, 1.165) is 19.3 Å². The van der Waals surface area contributed by atoms with Crippen molar-refractivity contribution in [1.29, 1.82) is 0 Å². The highest BCUT2D eigenvalue weighted by atomic mass is 16.2. The second-order valence-electron chi connectivity index (χ2n) is 6.65. The highest BCUT2D eigenvalue weighted by Crippen LogP contribution is 2.38. The standard InChI is InChI=1S/C15H24N2O2/c1-9-3-6-12(10(9)2)17-8-7-13(18)16-14(15(17)19)11-4-5-11/h9-12,14H,3-8H2,1-2H3,(H,16,18). The van der Waals surface area contributed by atoms with Gasteiger partial charge in [-0.05, 0) is 43.4 Å². The van der Waals surface area contributed by atoms with Gasteiger partial charge in [0.2, 0.25) is 11.8 Å². The fourth-order valence-electron chi connectivity index (χ4n) is 3.67. The van der Waals surface area contributed by atoms with Crippen LogP contribution in [0.3, 0.4) is 0 Å². The van der Waals surface area contributed by atoms with E-state index >= 15 is 0 Å². The zero-order valence-electron chi connectivity index (χ0n) is 11.9. The molecule has 2 amide bonds. The molecule has 3 fully saturated rings. The van der Waals surface area contributed by atoms with Gasteiger partial charge in [-0.15, -0.1) is 0 Å². The zero-order valence-corrected chi connectivity index (χ0v) is 11.9. The number of hydrogen-bond acceptors (Lipinski definition) is 2. The normalized spacial score (nSPS) is 40.2. The highest BCUT2D eigenvalue weighted by molar-refractivity contribution is 5.90. The Balaban J connectivity index is 1.79. The fraction of sp³-hybridized carbons (Fsp3) is 0.867. The molecule has 2 saturated carbocycles. The second kappa shape index (κ2) is 4.80. The third kappa shape index (κ3) is 2.37. The van der Waals surface area contributed by atoms with Gasteiger partial charge in [-0.25, -0.2) is 0 Å². The van der Waals surface area contributed by atoms with Gasteiger partial charge in [0.15, 0.2) is 0 Å². The van der Waals surface area contributed by atoms with Gasteiger partial charge in [-0.1, -0.05) is 13.8 Å². The maximum atomic E-state index is 12.7. The van der Waals surface area contributed by atoms with Crippen LogP contribution in [0.2, 0.25) is 0 Å². The lowest BCUT2D eigenvalue weighted by Crippen LogP contribution is -2.50. The smallest absolute Gasteiger partial charge is 0.245 e. The van der Waals surface area contributed by atoms with E-state index in [2.05, 4.69) is 19.2 Å². The summed E-state index contributed by atoms with van der Waals surface area (Å²) in [5, 5.41) is 2.94. The average Bonchev–Trinajstić information content (AvgIpc) is 3.17. The molecule has 4 unspecified atom stereocenters. The van der Waals surface area contributed by atoms with E-state index in [-0.39, 0.29) is 17.9 Å². The van der Waals surface area contributed by atoms with Crippen molar-refractivity contribution in [3.05, 3.63) is 0 Å². The van der Waals surface area contributed by atoms with Crippen molar-refractivity contribution in [2.75, 3.05) is 6.54 Å². The molecular formula is C15H24N2O2. The second-order valence-corrected chi connectivity index (χ2v) is 6.65. The van der Waals surface area contributed by atoms with Crippen LogP contribution in [0.4, 0.5) is 0 Å². The number of nitrogens with zero attached hydrogens (tertiary/aromatic N) is 1. The SMILES string of the molecule is CC1CCC(N2CCC(=O)NC(C3CC3)C2=O)C1C. The predicted octanol–water partition coefficient (Wildman–Crippen LogP) is 1.55. The molecule has 1 saturated heterocycles. The van der Waals surface area contributed by atoms with Crippen molar-refractivity contribution in [3.63, 3.8) is 0 Å². The van der Waals surface area contributed by atoms with Gasteiger partial charge in [0.05, 0.1) is 0 Å². The van der Waals surface area contributed by atoms with E-state index in [1.165, 1.54) is 6.42 Å². The lowest BCUT2D eigenvalue weighted by atomic mass is 9.96.